The highest BCUT2D eigenvalue weighted by molar-refractivity contribution is 6.01. The van der Waals surface area contributed by atoms with Crippen LogP contribution in [0.3, 0.4) is 0 Å². The number of nitrogens with zero attached hydrogens (tertiary/aromatic N) is 5. The standard InChI is InChI=1S/C28H26FN5O3/c1-4-33-15-30-25-21(14-31-32-27(25)33)17-7-8-22(29)19(11-17)20-13-24-18(12-23(20)36-3)16(2)26(37-24)28(35)34-9-5-6-10-34/h7-8,11-15H,4-6,9-10H2,1-3H3. The summed E-state index contributed by atoms with van der Waals surface area (Å²) in [5, 5.41) is 9.14. The third-order valence-electron chi connectivity index (χ3n) is 7.16. The zero-order chi connectivity index (χ0) is 25.7. The molecule has 4 heterocycles. The summed E-state index contributed by atoms with van der Waals surface area (Å²) in [4.78, 5) is 19.4. The zero-order valence-corrected chi connectivity index (χ0v) is 20.9. The molecular formula is C28H26FN5O3. The average Bonchev–Trinajstić information content (AvgIpc) is 3.67. The number of furan rings is 1. The second-order valence-electron chi connectivity index (χ2n) is 9.26. The topological polar surface area (TPSA) is 86.3 Å². The number of benzene rings is 2. The highest BCUT2D eigenvalue weighted by Crippen LogP contribution is 2.40. The molecule has 8 nitrogen and oxygen atoms in total. The number of rotatable bonds is 5. The molecule has 0 radical (unpaired) electrons. The summed E-state index contributed by atoms with van der Waals surface area (Å²) in [6.45, 7) is 6.05. The molecule has 1 aliphatic rings. The van der Waals surface area contributed by atoms with E-state index in [0.29, 0.717) is 45.9 Å². The molecule has 0 saturated carbocycles. The van der Waals surface area contributed by atoms with Gasteiger partial charge in [-0.15, -0.1) is 5.10 Å². The van der Waals surface area contributed by atoms with E-state index in [2.05, 4.69) is 15.2 Å². The van der Waals surface area contributed by atoms with Gasteiger partial charge in [-0.05, 0) is 56.5 Å². The zero-order valence-electron chi connectivity index (χ0n) is 20.9. The number of ether oxygens (including phenoxy) is 1. The fourth-order valence-corrected chi connectivity index (χ4v) is 5.11. The number of aryl methyl sites for hydroxylation is 2. The van der Waals surface area contributed by atoms with Crippen molar-refractivity contribution >= 4 is 28.0 Å². The SMILES string of the molecule is CCn1cnc2c(-c3ccc(F)c(-c4cc5oc(C(=O)N6CCCC6)c(C)c5cc4OC)c3)cnnc21. The van der Waals surface area contributed by atoms with E-state index in [-0.39, 0.29) is 5.91 Å². The first-order valence-corrected chi connectivity index (χ1v) is 12.4. The number of imidazole rings is 1. The number of hydrogen-bond acceptors (Lipinski definition) is 6. The number of fused-ring (bicyclic) bond motifs is 2. The van der Waals surface area contributed by atoms with Gasteiger partial charge in [-0.25, -0.2) is 9.37 Å². The number of carbonyl (C=O) groups excluding carboxylic acids is 1. The van der Waals surface area contributed by atoms with Crippen LogP contribution in [0.5, 0.6) is 5.75 Å². The van der Waals surface area contributed by atoms with Crippen LogP contribution < -0.4 is 4.74 Å². The lowest BCUT2D eigenvalue weighted by Gasteiger charge is -2.13. The Bertz CT molecular complexity index is 1670. The lowest BCUT2D eigenvalue weighted by Crippen LogP contribution is -2.27. The molecule has 0 bridgehead atoms. The molecule has 0 unspecified atom stereocenters. The second kappa shape index (κ2) is 8.99. The molecule has 0 aliphatic carbocycles. The van der Waals surface area contributed by atoms with Crippen LogP contribution in [0.4, 0.5) is 4.39 Å². The monoisotopic (exact) mass is 499 g/mol. The number of hydrogen-bond donors (Lipinski definition) is 0. The Labute approximate surface area is 212 Å². The van der Waals surface area contributed by atoms with Crippen molar-refractivity contribution in [3.63, 3.8) is 0 Å². The maximum atomic E-state index is 15.3. The van der Waals surface area contributed by atoms with Gasteiger partial charge in [-0.1, -0.05) is 6.07 Å². The molecule has 37 heavy (non-hydrogen) atoms. The van der Waals surface area contributed by atoms with E-state index in [0.717, 1.165) is 48.0 Å². The third-order valence-corrected chi connectivity index (χ3v) is 7.16. The number of amides is 1. The Balaban J connectivity index is 1.49. The fraction of sp³-hybridized carbons (Fsp3) is 0.286. The van der Waals surface area contributed by atoms with Gasteiger partial charge in [0.25, 0.3) is 5.91 Å². The van der Waals surface area contributed by atoms with Crippen LogP contribution in [-0.2, 0) is 6.54 Å². The summed E-state index contributed by atoms with van der Waals surface area (Å²) >= 11 is 0. The molecule has 9 heteroatoms. The Morgan fingerprint density at radius 2 is 1.95 bits per heavy atom. The van der Waals surface area contributed by atoms with Crippen molar-refractivity contribution in [2.24, 2.45) is 0 Å². The summed E-state index contributed by atoms with van der Waals surface area (Å²) in [7, 11) is 1.55. The normalized spacial score (nSPS) is 13.7. The average molecular weight is 500 g/mol. The van der Waals surface area contributed by atoms with Gasteiger partial charge in [-0.3, -0.25) is 4.79 Å². The van der Waals surface area contributed by atoms with Crippen molar-refractivity contribution < 1.29 is 18.3 Å². The lowest BCUT2D eigenvalue weighted by molar-refractivity contribution is 0.0762. The van der Waals surface area contributed by atoms with E-state index in [1.54, 1.807) is 37.8 Å². The predicted molar refractivity (Wildman–Crippen MR) is 138 cm³/mol. The Morgan fingerprint density at radius 3 is 2.70 bits per heavy atom. The van der Waals surface area contributed by atoms with Crippen molar-refractivity contribution in [1.29, 1.82) is 0 Å². The van der Waals surface area contributed by atoms with Crippen molar-refractivity contribution in [1.82, 2.24) is 24.6 Å². The van der Waals surface area contributed by atoms with Gasteiger partial charge in [0.1, 0.15) is 22.7 Å². The van der Waals surface area contributed by atoms with Crippen LogP contribution in [0.15, 0.2) is 47.3 Å². The first-order chi connectivity index (χ1) is 18.0. The lowest BCUT2D eigenvalue weighted by atomic mass is 9.97. The first-order valence-electron chi connectivity index (χ1n) is 12.4. The minimum absolute atomic E-state index is 0.111. The summed E-state index contributed by atoms with van der Waals surface area (Å²) in [6.07, 6.45) is 5.36. The Hall–Kier alpha value is -4.27. The van der Waals surface area contributed by atoms with Crippen LogP contribution in [0.25, 0.3) is 44.4 Å². The molecule has 1 fully saturated rings. The Kier molecular flexibility index (Phi) is 5.62. The molecule has 1 amide bonds. The summed E-state index contributed by atoms with van der Waals surface area (Å²) < 4.78 is 28.9. The minimum atomic E-state index is -0.407. The van der Waals surface area contributed by atoms with Gasteiger partial charge in [0.15, 0.2) is 11.4 Å². The van der Waals surface area contributed by atoms with E-state index in [1.807, 2.05) is 29.4 Å². The molecule has 0 atom stereocenters. The van der Waals surface area contributed by atoms with E-state index < -0.39 is 5.82 Å². The molecule has 1 aliphatic heterocycles. The van der Waals surface area contributed by atoms with E-state index in [1.165, 1.54) is 6.07 Å². The quantitative estimate of drug-likeness (QED) is 0.312. The molecule has 5 aromatic rings. The number of likely N-dealkylation sites (tertiary alicyclic amines) is 1. The van der Waals surface area contributed by atoms with E-state index in [4.69, 9.17) is 9.15 Å². The second-order valence-corrected chi connectivity index (χ2v) is 9.26. The van der Waals surface area contributed by atoms with E-state index in [9.17, 15) is 4.79 Å². The number of methoxy groups -OCH3 is 1. The van der Waals surface area contributed by atoms with Gasteiger partial charge in [0, 0.05) is 47.3 Å². The summed E-state index contributed by atoms with van der Waals surface area (Å²) in [5.74, 6) is 0.291. The number of halogens is 1. The number of aromatic nitrogens is 4. The maximum Gasteiger partial charge on any atom is 0.289 e. The summed E-state index contributed by atoms with van der Waals surface area (Å²) in [5.41, 5.74) is 5.01. The van der Waals surface area contributed by atoms with Crippen molar-refractivity contribution in [2.75, 3.05) is 20.2 Å². The first kappa shape index (κ1) is 23.1. The molecule has 188 valence electrons. The van der Waals surface area contributed by atoms with Crippen molar-refractivity contribution in [2.45, 2.75) is 33.2 Å². The molecule has 2 aromatic carbocycles. The molecular weight excluding hydrogens is 473 g/mol. The predicted octanol–water partition coefficient (Wildman–Crippen LogP) is 5.62. The van der Waals surface area contributed by atoms with Crippen LogP contribution in [0.2, 0.25) is 0 Å². The highest BCUT2D eigenvalue weighted by atomic mass is 19.1. The molecule has 1 saturated heterocycles. The van der Waals surface area contributed by atoms with Crippen LogP contribution in [0, 0.1) is 12.7 Å². The van der Waals surface area contributed by atoms with Crippen molar-refractivity contribution in [3.05, 3.63) is 60.0 Å². The van der Waals surface area contributed by atoms with E-state index >= 15 is 4.39 Å². The molecule has 3 aromatic heterocycles. The number of carbonyl (C=O) groups is 1. The van der Waals surface area contributed by atoms with Gasteiger partial charge in [0.05, 0.1) is 19.6 Å². The highest BCUT2D eigenvalue weighted by Gasteiger charge is 2.26. The van der Waals surface area contributed by atoms with Gasteiger partial charge in [-0.2, -0.15) is 5.10 Å². The van der Waals surface area contributed by atoms with Gasteiger partial charge < -0.3 is 18.6 Å². The van der Waals surface area contributed by atoms with Crippen molar-refractivity contribution in [3.8, 4) is 28.0 Å². The fourth-order valence-electron chi connectivity index (χ4n) is 5.11. The molecule has 6 rings (SSSR count). The minimum Gasteiger partial charge on any atom is -0.496 e. The third kappa shape index (κ3) is 3.73. The van der Waals surface area contributed by atoms with Gasteiger partial charge >= 0.3 is 0 Å². The molecule has 0 N–H and O–H groups in total. The largest absolute Gasteiger partial charge is 0.496 e. The van der Waals surface area contributed by atoms with Crippen LogP contribution in [0.1, 0.15) is 35.9 Å². The molecule has 0 spiro atoms. The Morgan fingerprint density at radius 1 is 1.14 bits per heavy atom. The van der Waals surface area contributed by atoms with Gasteiger partial charge in [0.2, 0.25) is 0 Å². The smallest absolute Gasteiger partial charge is 0.289 e. The summed E-state index contributed by atoms with van der Waals surface area (Å²) in [6, 6.07) is 8.44. The van der Waals surface area contributed by atoms with Crippen LogP contribution in [-0.4, -0.2) is 50.8 Å². The van der Waals surface area contributed by atoms with Crippen LogP contribution >= 0.6 is 0 Å². The maximum absolute atomic E-state index is 15.3.